The number of anilines is 2. The molecule has 0 fully saturated rings. The molecule has 7 heteroatoms. The number of benzene rings is 1. The SMILES string of the molecule is CCCNc1cccc(N(C)Cc2cscn2)c1[N+](=O)[O-]. The molecule has 2 rings (SSSR count). The summed E-state index contributed by atoms with van der Waals surface area (Å²) in [6.07, 6.45) is 0.913. The zero-order valence-electron chi connectivity index (χ0n) is 12.1. The highest BCUT2D eigenvalue weighted by Gasteiger charge is 2.22. The highest BCUT2D eigenvalue weighted by molar-refractivity contribution is 7.07. The van der Waals surface area contributed by atoms with Crippen LogP contribution in [0.2, 0.25) is 0 Å². The summed E-state index contributed by atoms with van der Waals surface area (Å²) in [7, 11) is 1.84. The van der Waals surface area contributed by atoms with Crippen molar-refractivity contribution in [3.8, 4) is 0 Å². The number of hydrogen-bond donors (Lipinski definition) is 1. The third-order valence-electron chi connectivity index (χ3n) is 3.06. The molecule has 0 spiro atoms. The monoisotopic (exact) mass is 306 g/mol. The molecule has 0 amide bonds. The van der Waals surface area contributed by atoms with E-state index in [0.717, 1.165) is 12.1 Å². The van der Waals surface area contributed by atoms with Crippen LogP contribution in [0, 0.1) is 10.1 Å². The van der Waals surface area contributed by atoms with Crippen LogP contribution in [-0.2, 0) is 6.54 Å². The number of nitrogens with one attached hydrogen (secondary N) is 1. The van der Waals surface area contributed by atoms with E-state index in [4.69, 9.17) is 0 Å². The van der Waals surface area contributed by atoms with Gasteiger partial charge in [-0.3, -0.25) is 10.1 Å². The van der Waals surface area contributed by atoms with Crippen LogP contribution in [-0.4, -0.2) is 23.5 Å². The lowest BCUT2D eigenvalue weighted by molar-refractivity contribution is -0.383. The molecule has 0 unspecified atom stereocenters. The molecule has 0 bridgehead atoms. The van der Waals surface area contributed by atoms with E-state index in [2.05, 4.69) is 10.3 Å². The van der Waals surface area contributed by atoms with Gasteiger partial charge in [0.25, 0.3) is 0 Å². The summed E-state index contributed by atoms with van der Waals surface area (Å²) in [6.45, 7) is 3.28. The number of rotatable bonds is 7. The fourth-order valence-corrected chi connectivity index (χ4v) is 2.63. The van der Waals surface area contributed by atoms with Crippen molar-refractivity contribution < 1.29 is 4.92 Å². The van der Waals surface area contributed by atoms with Gasteiger partial charge >= 0.3 is 5.69 Å². The average molecular weight is 306 g/mol. The zero-order valence-corrected chi connectivity index (χ0v) is 12.9. The first-order valence-corrected chi connectivity index (χ1v) is 7.67. The molecule has 112 valence electrons. The van der Waals surface area contributed by atoms with Crippen LogP contribution in [0.4, 0.5) is 17.1 Å². The molecule has 1 N–H and O–H groups in total. The van der Waals surface area contributed by atoms with E-state index in [1.165, 1.54) is 11.3 Å². The number of nitro groups is 1. The molecule has 0 radical (unpaired) electrons. The quantitative estimate of drug-likeness (QED) is 0.626. The van der Waals surface area contributed by atoms with Crippen molar-refractivity contribution in [1.82, 2.24) is 4.98 Å². The van der Waals surface area contributed by atoms with Gasteiger partial charge in [-0.25, -0.2) is 4.98 Å². The first-order valence-electron chi connectivity index (χ1n) is 6.73. The van der Waals surface area contributed by atoms with Gasteiger partial charge < -0.3 is 10.2 Å². The van der Waals surface area contributed by atoms with Crippen molar-refractivity contribution in [2.45, 2.75) is 19.9 Å². The molecule has 1 aromatic heterocycles. The Bertz CT molecular complexity index is 601. The minimum atomic E-state index is -0.328. The van der Waals surface area contributed by atoms with E-state index in [-0.39, 0.29) is 10.6 Å². The summed E-state index contributed by atoms with van der Waals surface area (Å²) < 4.78 is 0. The maximum absolute atomic E-state index is 11.4. The summed E-state index contributed by atoms with van der Waals surface area (Å²) in [4.78, 5) is 17.2. The van der Waals surface area contributed by atoms with Gasteiger partial charge in [0.1, 0.15) is 11.4 Å². The fourth-order valence-electron chi connectivity index (χ4n) is 2.08. The van der Waals surface area contributed by atoms with Crippen LogP contribution in [0.15, 0.2) is 29.1 Å². The number of nitrogens with zero attached hydrogens (tertiary/aromatic N) is 3. The number of nitro benzene ring substituents is 1. The average Bonchev–Trinajstić information content (AvgIpc) is 2.97. The third-order valence-corrected chi connectivity index (χ3v) is 3.69. The van der Waals surface area contributed by atoms with Crippen LogP contribution in [0.1, 0.15) is 19.0 Å². The molecule has 2 aromatic rings. The molecule has 1 heterocycles. The van der Waals surface area contributed by atoms with Crippen molar-refractivity contribution in [3.05, 3.63) is 44.9 Å². The zero-order chi connectivity index (χ0) is 15.2. The van der Waals surface area contributed by atoms with Crippen LogP contribution in [0.25, 0.3) is 0 Å². The van der Waals surface area contributed by atoms with E-state index in [9.17, 15) is 10.1 Å². The van der Waals surface area contributed by atoms with Crippen molar-refractivity contribution >= 4 is 28.4 Å². The van der Waals surface area contributed by atoms with E-state index < -0.39 is 0 Å². The van der Waals surface area contributed by atoms with Crippen LogP contribution in [0.5, 0.6) is 0 Å². The maximum Gasteiger partial charge on any atom is 0.315 e. The van der Waals surface area contributed by atoms with E-state index in [1.807, 2.05) is 30.3 Å². The van der Waals surface area contributed by atoms with Crippen molar-refractivity contribution in [3.63, 3.8) is 0 Å². The first kappa shape index (κ1) is 15.2. The Balaban J connectivity index is 2.30. The van der Waals surface area contributed by atoms with Gasteiger partial charge in [-0.15, -0.1) is 11.3 Å². The normalized spacial score (nSPS) is 10.4. The highest BCUT2D eigenvalue weighted by Crippen LogP contribution is 2.35. The Morgan fingerprint density at radius 2 is 2.29 bits per heavy atom. The van der Waals surface area contributed by atoms with Gasteiger partial charge in [0.2, 0.25) is 0 Å². The second-order valence-corrected chi connectivity index (χ2v) is 5.41. The Morgan fingerprint density at radius 1 is 1.48 bits per heavy atom. The third kappa shape index (κ3) is 3.69. The van der Waals surface area contributed by atoms with Crippen LogP contribution in [0.3, 0.4) is 0 Å². The second-order valence-electron chi connectivity index (χ2n) is 4.69. The first-order chi connectivity index (χ1) is 10.1. The lowest BCUT2D eigenvalue weighted by Gasteiger charge is -2.19. The lowest BCUT2D eigenvalue weighted by atomic mass is 10.2. The van der Waals surface area contributed by atoms with Gasteiger partial charge in [-0.1, -0.05) is 13.0 Å². The van der Waals surface area contributed by atoms with Gasteiger partial charge in [0, 0.05) is 19.0 Å². The Morgan fingerprint density at radius 3 is 2.90 bits per heavy atom. The predicted octanol–water partition coefficient (Wildman–Crippen LogP) is 3.51. The van der Waals surface area contributed by atoms with Crippen molar-refractivity contribution in [2.24, 2.45) is 0 Å². The Labute approximate surface area is 127 Å². The summed E-state index contributed by atoms with van der Waals surface area (Å²) in [6, 6.07) is 5.34. The predicted molar refractivity (Wildman–Crippen MR) is 86.1 cm³/mol. The molecule has 6 nitrogen and oxygen atoms in total. The largest absolute Gasteiger partial charge is 0.379 e. The van der Waals surface area contributed by atoms with E-state index in [0.29, 0.717) is 24.5 Å². The molecule has 0 aliphatic carbocycles. The molecule has 21 heavy (non-hydrogen) atoms. The molecule has 0 aliphatic heterocycles. The molecule has 0 saturated heterocycles. The molecule has 0 atom stereocenters. The van der Waals surface area contributed by atoms with Crippen molar-refractivity contribution in [1.29, 1.82) is 0 Å². The molecule has 0 aliphatic rings. The van der Waals surface area contributed by atoms with E-state index >= 15 is 0 Å². The second kappa shape index (κ2) is 7.03. The van der Waals surface area contributed by atoms with Crippen LogP contribution >= 0.6 is 11.3 Å². The minimum absolute atomic E-state index is 0.115. The molecular weight excluding hydrogens is 288 g/mol. The topological polar surface area (TPSA) is 71.3 Å². The Hall–Kier alpha value is -2.15. The van der Waals surface area contributed by atoms with Gasteiger partial charge in [0.05, 0.1) is 22.7 Å². The molecule has 1 aromatic carbocycles. The lowest BCUT2D eigenvalue weighted by Crippen LogP contribution is -2.18. The fraction of sp³-hybridized carbons (Fsp3) is 0.357. The minimum Gasteiger partial charge on any atom is -0.379 e. The summed E-state index contributed by atoms with van der Waals surface area (Å²) in [5.74, 6) is 0. The summed E-state index contributed by atoms with van der Waals surface area (Å²) >= 11 is 1.52. The number of aromatic nitrogens is 1. The summed E-state index contributed by atoms with van der Waals surface area (Å²) in [5, 5.41) is 16.5. The van der Waals surface area contributed by atoms with Gasteiger partial charge in [-0.05, 0) is 18.6 Å². The molecular formula is C14H18N4O2S. The number of thiazole rings is 1. The van der Waals surface area contributed by atoms with E-state index in [1.54, 1.807) is 17.6 Å². The summed E-state index contributed by atoms with van der Waals surface area (Å²) in [5.41, 5.74) is 3.93. The highest BCUT2D eigenvalue weighted by atomic mass is 32.1. The number of para-hydroxylation sites is 1. The number of hydrogen-bond acceptors (Lipinski definition) is 6. The maximum atomic E-state index is 11.4. The van der Waals surface area contributed by atoms with Gasteiger partial charge in [0.15, 0.2) is 0 Å². The Kier molecular flexibility index (Phi) is 5.10. The van der Waals surface area contributed by atoms with Crippen LogP contribution < -0.4 is 10.2 Å². The van der Waals surface area contributed by atoms with Crippen molar-refractivity contribution in [2.75, 3.05) is 23.8 Å². The molecule has 0 saturated carbocycles. The smallest absolute Gasteiger partial charge is 0.315 e. The standard InChI is InChI=1S/C14H18N4O2S/c1-3-7-15-12-5-4-6-13(14(12)18(19)20)17(2)8-11-9-21-10-16-11/h4-6,9-10,15H,3,7-8H2,1-2H3. The van der Waals surface area contributed by atoms with Gasteiger partial charge in [-0.2, -0.15) is 0 Å².